The monoisotopic (exact) mass is 371 g/mol. The van der Waals surface area contributed by atoms with Gasteiger partial charge in [-0.05, 0) is 50.7 Å². The van der Waals surface area contributed by atoms with Gasteiger partial charge in [0.25, 0.3) is 0 Å². The lowest BCUT2D eigenvalue weighted by molar-refractivity contribution is -0.136. The van der Waals surface area contributed by atoms with E-state index in [9.17, 15) is 14.0 Å². The Labute approximate surface area is 159 Å². The summed E-state index contributed by atoms with van der Waals surface area (Å²) in [4.78, 5) is 28.5. The van der Waals surface area contributed by atoms with Crippen molar-refractivity contribution in [3.05, 3.63) is 66.0 Å². The van der Waals surface area contributed by atoms with E-state index in [1.807, 2.05) is 37.3 Å². The van der Waals surface area contributed by atoms with Gasteiger partial charge >= 0.3 is 0 Å². The third-order valence-electron chi connectivity index (χ3n) is 4.45. The molecule has 0 radical (unpaired) electrons. The molecule has 2 amide bonds. The summed E-state index contributed by atoms with van der Waals surface area (Å²) in [5.74, 6) is -0.643. The molecule has 6 heteroatoms. The second-order valence-electron chi connectivity index (χ2n) is 6.48. The molecule has 5 nitrogen and oxygen atoms in total. The van der Waals surface area contributed by atoms with E-state index in [1.54, 1.807) is 23.8 Å². The van der Waals surface area contributed by atoms with Crippen LogP contribution in [0, 0.1) is 5.82 Å². The first-order valence-electron chi connectivity index (χ1n) is 8.99. The van der Waals surface area contributed by atoms with Crippen LogP contribution in [0.2, 0.25) is 0 Å². The molecule has 1 atom stereocenters. The highest BCUT2D eigenvalue weighted by atomic mass is 19.1. The molecule has 0 aromatic heterocycles. The number of benzene rings is 2. The van der Waals surface area contributed by atoms with Crippen LogP contribution >= 0.6 is 0 Å². The number of anilines is 1. The molecule has 0 aliphatic rings. The predicted molar refractivity (Wildman–Crippen MR) is 105 cm³/mol. The van der Waals surface area contributed by atoms with E-state index < -0.39 is 6.04 Å². The normalized spacial score (nSPS) is 11.9. The number of carbonyl (C=O) groups is 2. The van der Waals surface area contributed by atoms with Crippen LogP contribution in [0.4, 0.5) is 10.1 Å². The lowest BCUT2D eigenvalue weighted by atomic mass is 10.2. The second kappa shape index (κ2) is 9.83. The first-order valence-corrected chi connectivity index (χ1v) is 8.99. The van der Waals surface area contributed by atoms with E-state index in [4.69, 9.17) is 0 Å². The van der Waals surface area contributed by atoms with Gasteiger partial charge < -0.3 is 10.2 Å². The molecule has 0 saturated heterocycles. The third-order valence-corrected chi connectivity index (χ3v) is 4.45. The Hall–Kier alpha value is -2.73. The number of nitrogens with one attached hydrogen (secondary N) is 1. The number of amides is 2. The maximum Gasteiger partial charge on any atom is 0.239 e. The van der Waals surface area contributed by atoms with E-state index in [0.717, 1.165) is 5.56 Å². The third kappa shape index (κ3) is 6.18. The largest absolute Gasteiger partial charge is 0.337 e. The van der Waals surface area contributed by atoms with Gasteiger partial charge in [-0.1, -0.05) is 30.3 Å². The van der Waals surface area contributed by atoms with Crippen LogP contribution in [-0.4, -0.2) is 47.8 Å². The van der Waals surface area contributed by atoms with E-state index in [2.05, 4.69) is 5.32 Å². The van der Waals surface area contributed by atoms with Gasteiger partial charge in [0.1, 0.15) is 5.82 Å². The molecule has 2 aromatic rings. The Morgan fingerprint density at radius 1 is 1.07 bits per heavy atom. The minimum absolute atomic E-state index is 0.0292. The fourth-order valence-corrected chi connectivity index (χ4v) is 2.70. The first kappa shape index (κ1) is 20.6. The Balaban J connectivity index is 1.91. The Bertz CT molecular complexity index is 750. The van der Waals surface area contributed by atoms with Crippen LogP contribution in [0.15, 0.2) is 54.6 Å². The summed E-state index contributed by atoms with van der Waals surface area (Å²) in [5.41, 5.74) is 1.59. The van der Waals surface area contributed by atoms with Crippen LogP contribution in [0.25, 0.3) is 0 Å². The first-order chi connectivity index (χ1) is 12.9. The molecule has 0 unspecified atom stereocenters. The van der Waals surface area contributed by atoms with Gasteiger partial charge in [0.15, 0.2) is 0 Å². The Morgan fingerprint density at radius 3 is 2.30 bits per heavy atom. The van der Waals surface area contributed by atoms with Crippen molar-refractivity contribution in [1.82, 2.24) is 9.80 Å². The fourth-order valence-electron chi connectivity index (χ4n) is 2.70. The van der Waals surface area contributed by atoms with Crippen molar-refractivity contribution in [1.29, 1.82) is 0 Å². The number of halogens is 1. The molecular weight excluding hydrogens is 345 g/mol. The highest BCUT2D eigenvalue weighted by Gasteiger charge is 2.24. The summed E-state index contributed by atoms with van der Waals surface area (Å²) >= 11 is 0. The zero-order chi connectivity index (χ0) is 19.8. The number of hydrogen-bond acceptors (Lipinski definition) is 3. The van der Waals surface area contributed by atoms with Gasteiger partial charge in [0.2, 0.25) is 11.8 Å². The molecule has 2 aromatic carbocycles. The van der Waals surface area contributed by atoms with Gasteiger partial charge in [-0.15, -0.1) is 0 Å². The van der Waals surface area contributed by atoms with E-state index >= 15 is 0 Å². The molecule has 0 aliphatic carbocycles. The zero-order valence-electron chi connectivity index (χ0n) is 16.0. The number of nitrogens with zero attached hydrogens (tertiary/aromatic N) is 2. The molecule has 1 N–H and O–H groups in total. The quantitative estimate of drug-likeness (QED) is 0.776. The molecule has 2 rings (SSSR count). The van der Waals surface area contributed by atoms with Gasteiger partial charge in [-0.3, -0.25) is 14.5 Å². The molecular formula is C21H26FN3O2. The summed E-state index contributed by atoms with van der Waals surface area (Å²) in [7, 11) is 1.74. The number of likely N-dealkylation sites (N-methyl/N-ethyl adjacent to an activating group) is 2. The average molecular weight is 371 g/mol. The topological polar surface area (TPSA) is 52.7 Å². The number of hydrogen-bond donors (Lipinski definition) is 1. The lowest BCUT2D eigenvalue weighted by Crippen LogP contribution is -2.47. The Kier molecular flexibility index (Phi) is 7.49. The van der Waals surface area contributed by atoms with Crippen LogP contribution < -0.4 is 5.32 Å². The fraction of sp³-hybridized carbons (Fsp3) is 0.333. The van der Waals surface area contributed by atoms with Gasteiger partial charge in [0.05, 0.1) is 12.6 Å². The Morgan fingerprint density at radius 2 is 1.70 bits per heavy atom. The van der Waals surface area contributed by atoms with E-state index in [-0.39, 0.29) is 24.2 Å². The van der Waals surface area contributed by atoms with Crippen molar-refractivity contribution >= 4 is 17.5 Å². The molecule has 144 valence electrons. The molecule has 0 bridgehead atoms. The summed E-state index contributed by atoms with van der Waals surface area (Å²) in [6, 6.07) is 14.9. The molecule has 0 heterocycles. The number of rotatable bonds is 8. The molecule has 27 heavy (non-hydrogen) atoms. The van der Waals surface area contributed by atoms with Gasteiger partial charge in [-0.25, -0.2) is 4.39 Å². The summed E-state index contributed by atoms with van der Waals surface area (Å²) in [6.07, 6.45) is 0. The van der Waals surface area contributed by atoms with Crippen molar-refractivity contribution in [2.75, 3.05) is 25.5 Å². The standard InChI is InChI=1S/C21H26FN3O2/c1-4-25(14-17-8-6-5-7-9-17)21(27)16(2)24(3)15-20(26)23-19-12-10-18(22)11-13-19/h5-13,16H,4,14-15H2,1-3H3,(H,23,26)/t16-/m0/s1. The van der Waals surface area contributed by atoms with Crippen molar-refractivity contribution in [3.8, 4) is 0 Å². The second-order valence-corrected chi connectivity index (χ2v) is 6.48. The zero-order valence-corrected chi connectivity index (χ0v) is 16.0. The maximum absolute atomic E-state index is 12.9. The number of carbonyl (C=O) groups excluding carboxylic acids is 2. The van der Waals surface area contributed by atoms with Crippen LogP contribution in [-0.2, 0) is 16.1 Å². The van der Waals surface area contributed by atoms with E-state index in [1.165, 1.54) is 24.3 Å². The highest BCUT2D eigenvalue weighted by molar-refractivity contribution is 5.92. The molecule has 0 fully saturated rings. The molecule has 0 aliphatic heterocycles. The van der Waals surface area contributed by atoms with Crippen LogP contribution in [0.1, 0.15) is 19.4 Å². The predicted octanol–water partition coefficient (Wildman–Crippen LogP) is 3.13. The molecule has 0 saturated carbocycles. The molecule has 0 spiro atoms. The SMILES string of the molecule is CCN(Cc1ccccc1)C(=O)[C@H](C)N(C)CC(=O)Nc1ccc(F)cc1. The maximum atomic E-state index is 12.9. The van der Waals surface area contributed by atoms with Crippen LogP contribution in [0.3, 0.4) is 0 Å². The van der Waals surface area contributed by atoms with Crippen LogP contribution in [0.5, 0.6) is 0 Å². The van der Waals surface area contributed by atoms with Crippen molar-refractivity contribution < 1.29 is 14.0 Å². The summed E-state index contributed by atoms with van der Waals surface area (Å²) in [5, 5.41) is 2.70. The summed E-state index contributed by atoms with van der Waals surface area (Å²) < 4.78 is 12.9. The van der Waals surface area contributed by atoms with E-state index in [0.29, 0.717) is 18.8 Å². The smallest absolute Gasteiger partial charge is 0.239 e. The van der Waals surface area contributed by atoms with Crippen molar-refractivity contribution in [3.63, 3.8) is 0 Å². The van der Waals surface area contributed by atoms with Crippen molar-refractivity contribution in [2.24, 2.45) is 0 Å². The van der Waals surface area contributed by atoms with Gasteiger partial charge in [-0.2, -0.15) is 0 Å². The summed E-state index contributed by atoms with van der Waals surface area (Å²) in [6.45, 7) is 4.92. The van der Waals surface area contributed by atoms with Gasteiger partial charge in [0, 0.05) is 18.8 Å². The van der Waals surface area contributed by atoms with Crippen molar-refractivity contribution in [2.45, 2.75) is 26.4 Å². The minimum Gasteiger partial charge on any atom is -0.337 e. The minimum atomic E-state index is -0.437. The highest BCUT2D eigenvalue weighted by Crippen LogP contribution is 2.10. The average Bonchev–Trinajstić information content (AvgIpc) is 2.67. The lowest BCUT2D eigenvalue weighted by Gasteiger charge is -2.29.